The number of hydrogen-bond donors (Lipinski definition) is 1. The Kier molecular flexibility index (Phi) is 8.88. The van der Waals surface area contributed by atoms with Gasteiger partial charge in [-0.25, -0.2) is 8.42 Å². The molecule has 0 saturated heterocycles. The van der Waals surface area contributed by atoms with E-state index in [2.05, 4.69) is 5.32 Å². The predicted molar refractivity (Wildman–Crippen MR) is 142 cm³/mol. The Bertz CT molecular complexity index is 1290. The number of aryl methyl sites for hydroxylation is 2. The van der Waals surface area contributed by atoms with Gasteiger partial charge in [-0.1, -0.05) is 60.2 Å². The highest BCUT2D eigenvalue weighted by Crippen LogP contribution is 2.25. The average Bonchev–Trinajstić information content (AvgIpc) is 2.87. The third-order valence-corrected chi connectivity index (χ3v) is 7.68. The van der Waals surface area contributed by atoms with Crippen LogP contribution >= 0.6 is 0 Å². The molecule has 3 rings (SSSR count). The van der Waals surface area contributed by atoms with E-state index in [-0.39, 0.29) is 17.3 Å². The van der Waals surface area contributed by atoms with Crippen LogP contribution in [-0.4, -0.2) is 44.3 Å². The van der Waals surface area contributed by atoms with Crippen LogP contribution in [0.25, 0.3) is 0 Å². The SMILES string of the molecule is CCNC(=O)[C@@H](C)N(Cc1ccc(C)cc1)C(=O)CN(c1cccc(C)c1)S(=O)(=O)c1ccccc1. The topological polar surface area (TPSA) is 86.8 Å². The number of sulfonamides is 1. The number of hydrogen-bond acceptors (Lipinski definition) is 4. The lowest BCUT2D eigenvalue weighted by atomic mass is 10.1. The summed E-state index contributed by atoms with van der Waals surface area (Å²) in [6.07, 6.45) is 0. The van der Waals surface area contributed by atoms with Crippen molar-refractivity contribution >= 4 is 27.5 Å². The molecule has 0 spiro atoms. The Balaban J connectivity index is 2.01. The highest BCUT2D eigenvalue weighted by atomic mass is 32.2. The minimum atomic E-state index is -4.05. The van der Waals surface area contributed by atoms with Crippen molar-refractivity contribution in [2.24, 2.45) is 0 Å². The summed E-state index contributed by atoms with van der Waals surface area (Å²) in [6, 6.07) is 21.9. The van der Waals surface area contributed by atoms with Gasteiger partial charge in [-0.05, 0) is 63.1 Å². The Morgan fingerprint density at radius 1 is 0.889 bits per heavy atom. The zero-order valence-electron chi connectivity index (χ0n) is 21.1. The van der Waals surface area contributed by atoms with Crippen LogP contribution in [0.2, 0.25) is 0 Å². The number of carbonyl (C=O) groups is 2. The molecule has 7 nitrogen and oxygen atoms in total. The molecule has 0 aliphatic rings. The van der Waals surface area contributed by atoms with Crippen molar-refractivity contribution in [2.45, 2.75) is 45.2 Å². The number of rotatable bonds is 10. The van der Waals surface area contributed by atoms with Gasteiger partial charge in [-0.2, -0.15) is 0 Å². The van der Waals surface area contributed by atoms with Crippen LogP contribution in [0.15, 0.2) is 83.8 Å². The summed E-state index contributed by atoms with van der Waals surface area (Å²) in [5.74, 6) is -0.777. The van der Waals surface area contributed by atoms with Crippen molar-refractivity contribution in [1.29, 1.82) is 0 Å². The van der Waals surface area contributed by atoms with Crippen LogP contribution in [0, 0.1) is 13.8 Å². The summed E-state index contributed by atoms with van der Waals surface area (Å²) in [5.41, 5.74) is 3.17. The van der Waals surface area contributed by atoms with Crippen molar-refractivity contribution in [1.82, 2.24) is 10.2 Å². The molecule has 1 N–H and O–H groups in total. The second-order valence-electron chi connectivity index (χ2n) is 8.74. The third kappa shape index (κ3) is 6.51. The molecule has 0 bridgehead atoms. The summed E-state index contributed by atoms with van der Waals surface area (Å²) in [6.45, 7) is 7.44. The number of nitrogens with one attached hydrogen (secondary N) is 1. The molecular formula is C28H33N3O4S. The number of carbonyl (C=O) groups excluding carboxylic acids is 2. The van der Waals surface area contributed by atoms with Gasteiger partial charge in [0, 0.05) is 13.1 Å². The molecule has 3 aromatic carbocycles. The fraction of sp³-hybridized carbons (Fsp3) is 0.286. The van der Waals surface area contributed by atoms with Gasteiger partial charge in [0.15, 0.2) is 0 Å². The zero-order valence-corrected chi connectivity index (χ0v) is 22.0. The zero-order chi connectivity index (χ0) is 26.3. The van der Waals surface area contributed by atoms with Gasteiger partial charge in [-0.3, -0.25) is 13.9 Å². The van der Waals surface area contributed by atoms with Crippen molar-refractivity contribution in [3.8, 4) is 0 Å². The minimum Gasteiger partial charge on any atom is -0.355 e. The summed E-state index contributed by atoms with van der Waals surface area (Å²) < 4.78 is 28.5. The first-order valence-electron chi connectivity index (χ1n) is 11.9. The van der Waals surface area contributed by atoms with E-state index >= 15 is 0 Å². The van der Waals surface area contributed by atoms with E-state index in [0.29, 0.717) is 12.2 Å². The van der Waals surface area contributed by atoms with Crippen LogP contribution < -0.4 is 9.62 Å². The normalized spacial score (nSPS) is 12.0. The molecule has 0 fully saturated rings. The van der Waals surface area contributed by atoms with E-state index in [4.69, 9.17) is 0 Å². The first kappa shape index (κ1) is 26.9. The van der Waals surface area contributed by atoms with E-state index in [1.807, 2.05) is 51.1 Å². The van der Waals surface area contributed by atoms with Crippen LogP contribution in [0.3, 0.4) is 0 Å². The molecule has 36 heavy (non-hydrogen) atoms. The van der Waals surface area contributed by atoms with Crippen molar-refractivity contribution in [3.63, 3.8) is 0 Å². The fourth-order valence-corrected chi connectivity index (χ4v) is 5.25. The van der Waals surface area contributed by atoms with Crippen molar-refractivity contribution < 1.29 is 18.0 Å². The van der Waals surface area contributed by atoms with Gasteiger partial charge in [0.05, 0.1) is 10.6 Å². The van der Waals surface area contributed by atoms with E-state index in [1.54, 1.807) is 43.3 Å². The molecule has 190 valence electrons. The van der Waals surface area contributed by atoms with Crippen molar-refractivity contribution in [2.75, 3.05) is 17.4 Å². The quantitative estimate of drug-likeness (QED) is 0.449. The monoisotopic (exact) mass is 507 g/mol. The Hall–Kier alpha value is -3.65. The van der Waals surface area contributed by atoms with E-state index < -0.39 is 28.5 Å². The maximum absolute atomic E-state index is 13.8. The van der Waals surface area contributed by atoms with Gasteiger partial charge < -0.3 is 10.2 Å². The molecular weight excluding hydrogens is 474 g/mol. The molecule has 0 radical (unpaired) electrons. The molecule has 1 atom stereocenters. The maximum Gasteiger partial charge on any atom is 0.264 e. The molecule has 3 aromatic rings. The molecule has 2 amide bonds. The average molecular weight is 508 g/mol. The van der Waals surface area contributed by atoms with Gasteiger partial charge in [0.25, 0.3) is 10.0 Å². The smallest absolute Gasteiger partial charge is 0.264 e. The first-order chi connectivity index (χ1) is 17.1. The fourth-order valence-electron chi connectivity index (χ4n) is 3.83. The summed E-state index contributed by atoms with van der Waals surface area (Å²) in [4.78, 5) is 28.0. The van der Waals surface area contributed by atoms with Crippen molar-refractivity contribution in [3.05, 3.63) is 95.6 Å². The minimum absolute atomic E-state index is 0.0844. The Morgan fingerprint density at radius 3 is 2.17 bits per heavy atom. The second kappa shape index (κ2) is 11.9. The van der Waals surface area contributed by atoms with Crippen LogP contribution in [0.1, 0.15) is 30.5 Å². The van der Waals surface area contributed by atoms with E-state index in [9.17, 15) is 18.0 Å². The number of amides is 2. The van der Waals surface area contributed by atoms with Gasteiger partial charge in [0.2, 0.25) is 11.8 Å². The van der Waals surface area contributed by atoms with Crippen LogP contribution in [-0.2, 0) is 26.2 Å². The largest absolute Gasteiger partial charge is 0.355 e. The lowest BCUT2D eigenvalue weighted by molar-refractivity contribution is -0.139. The lowest BCUT2D eigenvalue weighted by Crippen LogP contribution is -2.51. The number of nitrogens with zero attached hydrogens (tertiary/aromatic N) is 2. The third-order valence-electron chi connectivity index (χ3n) is 5.89. The second-order valence-corrected chi connectivity index (χ2v) is 10.6. The maximum atomic E-state index is 13.8. The molecule has 8 heteroatoms. The van der Waals surface area contributed by atoms with Crippen LogP contribution in [0.4, 0.5) is 5.69 Å². The van der Waals surface area contributed by atoms with E-state index in [1.165, 1.54) is 17.0 Å². The summed E-state index contributed by atoms with van der Waals surface area (Å²) in [5, 5.41) is 2.76. The summed E-state index contributed by atoms with van der Waals surface area (Å²) >= 11 is 0. The lowest BCUT2D eigenvalue weighted by Gasteiger charge is -2.32. The summed E-state index contributed by atoms with van der Waals surface area (Å²) in [7, 11) is -4.05. The first-order valence-corrected chi connectivity index (χ1v) is 13.3. The molecule has 0 saturated carbocycles. The molecule has 0 aliphatic heterocycles. The van der Waals surface area contributed by atoms with Gasteiger partial charge in [-0.15, -0.1) is 0 Å². The Morgan fingerprint density at radius 2 is 1.56 bits per heavy atom. The predicted octanol–water partition coefficient (Wildman–Crippen LogP) is 4.05. The highest BCUT2D eigenvalue weighted by molar-refractivity contribution is 7.92. The molecule has 0 heterocycles. The number of benzene rings is 3. The standard InChI is InChI=1S/C28H33N3O4S/c1-5-29-28(33)23(4)30(19-24-16-14-21(2)15-17-24)27(32)20-31(25-11-9-10-22(3)18-25)36(34,35)26-12-7-6-8-13-26/h6-18,23H,5,19-20H2,1-4H3,(H,29,33)/t23-/m1/s1. The van der Waals surface area contributed by atoms with Gasteiger partial charge >= 0.3 is 0 Å². The number of likely N-dealkylation sites (N-methyl/N-ethyl adjacent to an activating group) is 1. The molecule has 0 aromatic heterocycles. The van der Waals surface area contributed by atoms with Gasteiger partial charge in [0.1, 0.15) is 12.6 Å². The highest BCUT2D eigenvalue weighted by Gasteiger charge is 2.32. The van der Waals surface area contributed by atoms with Crippen LogP contribution in [0.5, 0.6) is 0 Å². The van der Waals surface area contributed by atoms with E-state index in [0.717, 1.165) is 21.0 Å². The Labute approximate surface area is 213 Å². The number of anilines is 1. The molecule has 0 aliphatic carbocycles. The molecule has 0 unspecified atom stereocenters.